The zero-order valence-electron chi connectivity index (χ0n) is 16.1. The number of nitrogens with zero attached hydrogens (tertiary/aromatic N) is 1. The molecule has 6 nitrogen and oxygen atoms in total. The fourth-order valence-electron chi connectivity index (χ4n) is 2.51. The molecule has 2 aromatic rings. The quantitative estimate of drug-likeness (QED) is 0.340. The van der Waals surface area contributed by atoms with Crippen LogP contribution in [0.15, 0.2) is 53.5 Å². The summed E-state index contributed by atoms with van der Waals surface area (Å²) in [5.41, 5.74) is 1.09. The first-order chi connectivity index (χ1) is 13.2. The first-order valence-corrected chi connectivity index (χ1v) is 9.29. The summed E-state index contributed by atoms with van der Waals surface area (Å²) in [5.74, 6) is 2.33. The summed E-state index contributed by atoms with van der Waals surface area (Å²) in [5, 5.41) is 16.2. The van der Waals surface area contributed by atoms with Crippen molar-refractivity contribution >= 4 is 5.96 Å². The van der Waals surface area contributed by atoms with Crippen LogP contribution in [0.4, 0.5) is 0 Å². The van der Waals surface area contributed by atoms with Crippen molar-refractivity contribution in [1.29, 1.82) is 0 Å². The molecule has 0 heterocycles. The number of phenolic OH excluding ortho intramolecular Hbond substituents is 1. The van der Waals surface area contributed by atoms with E-state index in [4.69, 9.17) is 9.47 Å². The summed E-state index contributed by atoms with van der Waals surface area (Å²) in [6.45, 7) is 4.91. The van der Waals surface area contributed by atoms with E-state index in [1.165, 1.54) is 0 Å². The molecule has 0 fully saturated rings. The van der Waals surface area contributed by atoms with Crippen LogP contribution in [0.5, 0.6) is 17.2 Å². The summed E-state index contributed by atoms with van der Waals surface area (Å²) in [6.07, 6.45) is 1.65. The molecule has 0 saturated heterocycles. The van der Waals surface area contributed by atoms with Crippen LogP contribution in [0, 0.1) is 0 Å². The van der Waals surface area contributed by atoms with Gasteiger partial charge in [-0.3, -0.25) is 4.99 Å². The summed E-state index contributed by atoms with van der Waals surface area (Å²) >= 11 is 0. The Labute approximate surface area is 161 Å². The topological polar surface area (TPSA) is 75.1 Å². The maximum absolute atomic E-state index is 9.65. The van der Waals surface area contributed by atoms with Gasteiger partial charge < -0.3 is 25.2 Å². The molecule has 0 atom stereocenters. The maximum Gasteiger partial charge on any atom is 0.191 e. The zero-order valence-corrected chi connectivity index (χ0v) is 16.1. The Kier molecular flexibility index (Phi) is 8.83. The van der Waals surface area contributed by atoms with Crippen LogP contribution < -0.4 is 20.1 Å². The first kappa shape index (κ1) is 20.4. The lowest BCUT2D eigenvalue weighted by Crippen LogP contribution is -2.38. The number of rotatable bonds is 10. The number of phenols is 1. The van der Waals surface area contributed by atoms with Gasteiger partial charge in [0.05, 0.1) is 13.7 Å². The van der Waals surface area contributed by atoms with Gasteiger partial charge in [-0.25, -0.2) is 0 Å². The fourth-order valence-corrected chi connectivity index (χ4v) is 2.51. The number of aromatic hydroxyl groups is 1. The monoisotopic (exact) mass is 371 g/mol. The Morgan fingerprint density at radius 3 is 2.67 bits per heavy atom. The van der Waals surface area contributed by atoms with Crippen LogP contribution in [0.2, 0.25) is 0 Å². The predicted molar refractivity (Wildman–Crippen MR) is 109 cm³/mol. The molecule has 0 aromatic heterocycles. The van der Waals surface area contributed by atoms with Gasteiger partial charge in [-0.2, -0.15) is 0 Å². The molecule has 27 heavy (non-hydrogen) atoms. The van der Waals surface area contributed by atoms with Gasteiger partial charge in [0.15, 0.2) is 17.5 Å². The number of ether oxygens (including phenoxy) is 2. The third kappa shape index (κ3) is 7.48. The van der Waals surface area contributed by atoms with Gasteiger partial charge in [0.1, 0.15) is 5.75 Å². The van der Waals surface area contributed by atoms with Crippen molar-refractivity contribution < 1.29 is 14.6 Å². The van der Waals surface area contributed by atoms with Crippen LogP contribution in [0.3, 0.4) is 0 Å². The van der Waals surface area contributed by atoms with E-state index < -0.39 is 0 Å². The Balaban J connectivity index is 1.73. The molecule has 0 amide bonds. The Hall–Kier alpha value is -2.89. The number of nitrogens with one attached hydrogen (secondary N) is 2. The minimum Gasteiger partial charge on any atom is -0.504 e. The molecular weight excluding hydrogens is 342 g/mol. The second-order valence-corrected chi connectivity index (χ2v) is 5.96. The SMILES string of the molecule is CCNC(=NCCCOc1ccccc1)NCCc1ccc(O)c(OC)c1. The molecule has 0 unspecified atom stereocenters. The van der Waals surface area contributed by atoms with Crippen molar-refractivity contribution in [2.75, 3.05) is 33.4 Å². The van der Waals surface area contributed by atoms with E-state index in [0.29, 0.717) is 18.9 Å². The molecule has 0 saturated carbocycles. The van der Waals surface area contributed by atoms with Gasteiger partial charge in [0, 0.05) is 26.1 Å². The summed E-state index contributed by atoms with van der Waals surface area (Å²) in [6, 6.07) is 15.2. The average Bonchev–Trinajstić information content (AvgIpc) is 2.69. The number of aliphatic imine (C=N–C) groups is 1. The van der Waals surface area contributed by atoms with Crippen molar-refractivity contribution in [3.8, 4) is 17.2 Å². The largest absolute Gasteiger partial charge is 0.504 e. The molecule has 0 aliphatic rings. The van der Waals surface area contributed by atoms with Crippen molar-refractivity contribution in [3.05, 3.63) is 54.1 Å². The summed E-state index contributed by atoms with van der Waals surface area (Å²) in [4.78, 5) is 4.57. The lowest BCUT2D eigenvalue weighted by Gasteiger charge is -2.12. The second kappa shape index (κ2) is 11.7. The summed E-state index contributed by atoms with van der Waals surface area (Å²) < 4.78 is 10.8. The van der Waals surface area contributed by atoms with E-state index in [1.54, 1.807) is 13.2 Å². The fraction of sp³-hybridized carbons (Fsp3) is 0.381. The molecule has 6 heteroatoms. The number of guanidine groups is 1. The lowest BCUT2D eigenvalue weighted by atomic mass is 10.1. The second-order valence-electron chi connectivity index (χ2n) is 5.96. The molecule has 0 aliphatic heterocycles. The molecule has 0 aliphatic carbocycles. The standard InChI is InChI=1S/C21H29N3O3/c1-3-22-21(23-13-7-15-27-18-8-5-4-6-9-18)24-14-12-17-10-11-19(25)20(16-17)26-2/h4-6,8-11,16,25H,3,7,12-15H2,1-2H3,(H2,22,23,24). The van der Waals surface area contributed by atoms with E-state index in [9.17, 15) is 5.11 Å². The molecule has 3 N–H and O–H groups in total. The molecule has 0 spiro atoms. The highest BCUT2D eigenvalue weighted by Crippen LogP contribution is 2.26. The number of para-hydroxylation sites is 1. The van der Waals surface area contributed by atoms with Crippen molar-refractivity contribution in [2.24, 2.45) is 4.99 Å². The van der Waals surface area contributed by atoms with Gasteiger partial charge in [-0.15, -0.1) is 0 Å². The molecular formula is C21H29N3O3. The van der Waals surface area contributed by atoms with Crippen molar-refractivity contribution in [3.63, 3.8) is 0 Å². The maximum atomic E-state index is 9.65. The minimum atomic E-state index is 0.154. The van der Waals surface area contributed by atoms with E-state index in [0.717, 1.165) is 43.2 Å². The third-order valence-corrected chi connectivity index (χ3v) is 3.88. The summed E-state index contributed by atoms with van der Waals surface area (Å²) in [7, 11) is 1.55. The number of hydrogen-bond acceptors (Lipinski definition) is 4. The third-order valence-electron chi connectivity index (χ3n) is 3.88. The first-order valence-electron chi connectivity index (χ1n) is 9.29. The number of hydrogen-bond donors (Lipinski definition) is 3. The highest BCUT2D eigenvalue weighted by Gasteiger charge is 2.03. The van der Waals surface area contributed by atoms with Gasteiger partial charge in [0.25, 0.3) is 0 Å². The normalized spacial score (nSPS) is 11.1. The smallest absolute Gasteiger partial charge is 0.191 e. The molecule has 2 rings (SSSR count). The van der Waals surface area contributed by atoms with E-state index in [2.05, 4.69) is 15.6 Å². The van der Waals surface area contributed by atoms with Crippen LogP contribution in [-0.2, 0) is 6.42 Å². The van der Waals surface area contributed by atoms with Crippen molar-refractivity contribution in [2.45, 2.75) is 19.8 Å². The number of methoxy groups -OCH3 is 1. The van der Waals surface area contributed by atoms with Gasteiger partial charge in [0.2, 0.25) is 0 Å². The van der Waals surface area contributed by atoms with Gasteiger partial charge in [-0.1, -0.05) is 24.3 Å². The predicted octanol–water partition coefficient (Wildman–Crippen LogP) is 2.97. The highest BCUT2D eigenvalue weighted by atomic mass is 16.5. The van der Waals surface area contributed by atoms with Crippen LogP contribution >= 0.6 is 0 Å². The molecule has 0 radical (unpaired) electrons. The van der Waals surface area contributed by atoms with E-state index in [1.807, 2.05) is 49.4 Å². The molecule has 0 bridgehead atoms. The van der Waals surface area contributed by atoms with E-state index >= 15 is 0 Å². The average molecular weight is 371 g/mol. The lowest BCUT2D eigenvalue weighted by molar-refractivity contribution is 0.313. The van der Waals surface area contributed by atoms with Crippen molar-refractivity contribution in [1.82, 2.24) is 10.6 Å². The van der Waals surface area contributed by atoms with Crippen LogP contribution in [0.25, 0.3) is 0 Å². The molecule has 146 valence electrons. The highest BCUT2D eigenvalue weighted by molar-refractivity contribution is 5.79. The Bertz CT molecular complexity index is 705. The van der Waals surface area contributed by atoms with Crippen LogP contribution in [-0.4, -0.2) is 44.4 Å². The van der Waals surface area contributed by atoms with E-state index in [-0.39, 0.29) is 5.75 Å². The van der Waals surface area contributed by atoms with Gasteiger partial charge >= 0.3 is 0 Å². The Morgan fingerprint density at radius 1 is 1.11 bits per heavy atom. The molecule has 2 aromatic carbocycles. The number of benzene rings is 2. The minimum absolute atomic E-state index is 0.154. The van der Waals surface area contributed by atoms with Gasteiger partial charge in [-0.05, 0) is 43.2 Å². The Morgan fingerprint density at radius 2 is 1.93 bits per heavy atom. The zero-order chi connectivity index (χ0) is 19.3. The van der Waals surface area contributed by atoms with Crippen LogP contribution in [0.1, 0.15) is 18.9 Å².